The molecule has 9 atom stereocenters. The molecule has 1 aliphatic rings. The smallest absolute Gasteiger partial charge is 0.187 e. The van der Waals surface area contributed by atoms with Gasteiger partial charge in [0.1, 0.15) is 48.8 Å². The third-order valence-corrected chi connectivity index (χ3v) is 3.62. The van der Waals surface area contributed by atoms with Crippen LogP contribution >= 0.6 is 0 Å². The van der Waals surface area contributed by atoms with Crippen molar-refractivity contribution in [1.82, 2.24) is 0 Å². The maximum Gasteiger partial charge on any atom is 0.187 e. The highest BCUT2D eigenvalue weighted by molar-refractivity contribution is 4.91. The van der Waals surface area contributed by atoms with Crippen LogP contribution in [0.4, 0.5) is 0 Å². The fourth-order valence-corrected chi connectivity index (χ4v) is 2.16. The van der Waals surface area contributed by atoms with Gasteiger partial charge in [-0.25, -0.2) is 0 Å². The van der Waals surface area contributed by atoms with Gasteiger partial charge in [-0.2, -0.15) is 0 Å². The number of aliphatic hydroxyl groups excluding tert-OH is 9. The van der Waals surface area contributed by atoms with Crippen LogP contribution in [0.2, 0.25) is 0 Å². The molecular formula is C12H30O14. The maximum atomic E-state index is 9.83. The molecule has 1 saturated heterocycles. The van der Waals surface area contributed by atoms with Gasteiger partial charge in [0.15, 0.2) is 6.29 Å². The van der Waals surface area contributed by atoms with E-state index in [-0.39, 0.29) is 16.4 Å². The minimum atomic E-state index is -1.85. The van der Waals surface area contributed by atoms with E-state index in [2.05, 4.69) is 0 Å². The van der Waals surface area contributed by atoms with E-state index >= 15 is 0 Å². The van der Waals surface area contributed by atoms with Crippen LogP contribution in [0.25, 0.3) is 0 Å². The highest BCUT2D eigenvalue weighted by Crippen LogP contribution is 2.24. The van der Waals surface area contributed by atoms with Crippen molar-refractivity contribution in [3.63, 3.8) is 0 Å². The first-order chi connectivity index (χ1) is 10.8. The van der Waals surface area contributed by atoms with E-state index in [1.54, 1.807) is 0 Å². The average Bonchev–Trinajstić information content (AvgIpc) is 2.57. The van der Waals surface area contributed by atoms with Crippen LogP contribution in [0.1, 0.15) is 0 Å². The van der Waals surface area contributed by atoms with Crippen molar-refractivity contribution in [2.45, 2.75) is 55.1 Å². The second kappa shape index (κ2) is 13.6. The first-order valence-corrected chi connectivity index (χ1v) is 7.00. The first-order valence-electron chi connectivity index (χ1n) is 7.00. The van der Waals surface area contributed by atoms with Crippen molar-refractivity contribution in [3.8, 4) is 0 Å². The van der Waals surface area contributed by atoms with Gasteiger partial charge >= 0.3 is 0 Å². The molecule has 15 N–H and O–H groups in total. The second-order valence-corrected chi connectivity index (χ2v) is 5.29. The van der Waals surface area contributed by atoms with E-state index in [1.807, 2.05) is 0 Å². The van der Waals surface area contributed by atoms with Crippen LogP contribution in [0, 0.1) is 0 Å². The van der Waals surface area contributed by atoms with Crippen LogP contribution in [-0.4, -0.2) is 137 Å². The zero-order chi connectivity index (χ0) is 17.7. The van der Waals surface area contributed by atoms with Crippen molar-refractivity contribution in [2.24, 2.45) is 0 Å². The third-order valence-electron chi connectivity index (χ3n) is 3.62. The highest BCUT2D eigenvalue weighted by Gasteiger charge is 2.46. The Morgan fingerprint density at radius 1 is 0.769 bits per heavy atom. The first kappa shape index (κ1) is 30.2. The quantitative estimate of drug-likeness (QED) is 0.185. The average molecular weight is 398 g/mol. The molecule has 14 nitrogen and oxygen atoms in total. The van der Waals surface area contributed by atoms with E-state index in [4.69, 9.17) is 24.8 Å². The Labute approximate surface area is 148 Å². The summed E-state index contributed by atoms with van der Waals surface area (Å²) in [6.07, 6.45) is -15.1. The van der Waals surface area contributed by atoms with E-state index < -0.39 is 74.9 Å². The van der Waals surface area contributed by atoms with Gasteiger partial charge in [-0.15, -0.1) is 0 Å². The van der Waals surface area contributed by atoms with Crippen LogP contribution in [0.3, 0.4) is 0 Å². The molecule has 0 bridgehead atoms. The van der Waals surface area contributed by atoms with Crippen LogP contribution in [-0.2, 0) is 9.47 Å². The lowest BCUT2D eigenvalue weighted by molar-refractivity contribution is -0.327. The van der Waals surface area contributed by atoms with Crippen molar-refractivity contribution in [3.05, 3.63) is 0 Å². The van der Waals surface area contributed by atoms with Gasteiger partial charge in [0.05, 0.1) is 19.8 Å². The Balaban J connectivity index is -0.00000176. The Kier molecular flexibility index (Phi) is 15.8. The molecule has 4 unspecified atom stereocenters. The van der Waals surface area contributed by atoms with E-state index in [0.717, 1.165) is 0 Å². The van der Waals surface area contributed by atoms with Crippen LogP contribution in [0.15, 0.2) is 0 Å². The number of ether oxygens (including phenoxy) is 2. The number of hydrogen-bond donors (Lipinski definition) is 9. The zero-order valence-corrected chi connectivity index (χ0v) is 13.7. The number of hydrogen-bond acceptors (Lipinski definition) is 11. The molecule has 0 spiro atoms. The summed E-state index contributed by atoms with van der Waals surface area (Å²) in [4.78, 5) is 0. The molecule has 0 amide bonds. The summed E-state index contributed by atoms with van der Waals surface area (Å²) in [6.45, 7) is -2.45. The topological polar surface area (TPSA) is 295 Å². The normalized spacial score (nSPS) is 32.9. The number of aliphatic hydroxyl groups is 9. The lowest BCUT2D eigenvalue weighted by Crippen LogP contribution is -2.61. The standard InChI is InChI=1S/C12H24O11.3H2O/c13-1-4(16)7(18)11(5(17)2-14)23-12-10(21)9(20)8(19)6(3-15)22-12;;;/h4-21H,1-3H2;3*1H2/t4?,5?,6-,7?,8+,9+,10+,11?,12+;;;/m1.../s1. The van der Waals surface area contributed by atoms with Crippen LogP contribution < -0.4 is 0 Å². The van der Waals surface area contributed by atoms with Gasteiger partial charge in [0, 0.05) is 0 Å². The second-order valence-electron chi connectivity index (χ2n) is 5.29. The Bertz CT molecular complexity index is 344. The lowest BCUT2D eigenvalue weighted by atomic mass is 9.98. The van der Waals surface area contributed by atoms with Crippen LogP contribution in [0.5, 0.6) is 0 Å². The molecule has 1 rings (SSSR count). The van der Waals surface area contributed by atoms with Crippen molar-refractivity contribution >= 4 is 0 Å². The summed E-state index contributed by atoms with van der Waals surface area (Å²) in [5.74, 6) is 0. The van der Waals surface area contributed by atoms with E-state index in [9.17, 15) is 30.6 Å². The van der Waals surface area contributed by atoms with Gasteiger partial charge in [-0.05, 0) is 0 Å². The monoisotopic (exact) mass is 398 g/mol. The lowest BCUT2D eigenvalue weighted by Gasteiger charge is -2.42. The molecule has 0 saturated carbocycles. The Morgan fingerprint density at radius 3 is 1.69 bits per heavy atom. The van der Waals surface area contributed by atoms with Crippen molar-refractivity contribution < 1.29 is 71.9 Å². The summed E-state index contributed by atoms with van der Waals surface area (Å²) in [6, 6.07) is 0. The Hall–Kier alpha value is -0.560. The molecule has 26 heavy (non-hydrogen) atoms. The summed E-state index contributed by atoms with van der Waals surface area (Å²) in [7, 11) is 0. The fraction of sp³-hybridized carbons (Fsp3) is 1.00. The predicted octanol–water partition coefficient (Wildman–Crippen LogP) is -8.24. The molecule has 0 aromatic heterocycles. The third kappa shape index (κ3) is 6.87. The summed E-state index contributed by atoms with van der Waals surface area (Å²) < 4.78 is 10.1. The molecular weight excluding hydrogens is 368 g/mol. The minimum Gasteiger partial charge on any atom is -0.412 e. The van der Waals surface area contributed by atoms with Crippen molar-refractivity contribution in [1.29, 1.82) is 0 Å². The molecule has 162 valence electrons. The van der Waals surface area contributed by atoms with Gasteiger partial charge in [-0.1, -0.05) is 0 Å². The van der Waals surface area contributed by atoms with Gasteiger partial charge < -0.3 is 71.9 Å². The summed E-state index contributed by atoms with van der Waals surface area (Å²) in [5, 5.41) is 84.9. The molecule has 0 radical (unpaired) electrons. The van der Waals surface area contributed by atoms with Gasteiger partial charge in [-0.3, -0.25) is 0 Å². The Morgan fingerprint density at radius 2 is 1.27 bits per heavy atom. The molecule has 0 aliphatic carbocycles. The maximum absolute atomic E-state index is 9.83. The van der Waals surface area contributed by atoms with Crippen molar-refractivity contribution in [2.75, 3.05) is 19.8 Å². The SMILES string of the molecule is O.O.O.OCC(O)C(O)C(O[C@@H]1O[C@H](CO)[C@H](O)[C@H](O)[C@@H]1O)C(O)CO. The zero-order valence-electron chi connectivity index (χ0n) is 13.7. The van der Waals surface area contributed by atoms with E-state index in [1.165, 1.54) is 0 Å². The molecule has 14 heteroatoms. The van der Waals surface area contributed by atoms with E-state index in [0.29, 0.717) is 0 Å². The summed E-state index contributed by atoms with van der Waals surface area (Å²) in [5.41, 5.74) is 0. The number of rotatable bonds is 8. The molecule has 1 fully saturated rings. The predicted molar refractivity (Wildman–Crippen MR) is 81.7 cm³/mol. The summed E-state index contributed by atoms with van der Waals surface area (Å²) >= 11 is 0. The minimum absolute atomic E-state index is 0. The van der Waals surface area contributed by atoms with Gasteiger partial charge in [0.25, 0.3) is 0 Å². The van der Waals surface area contributed by atoms with Gasteiger partial charge in [0.2, 0.25) is 0 Å². The molecule has 0 aromatic rings. The largest absolute Gasteiger partial charge is 0.412 e. The molecule has 1 aliphatic heterocycles. The fourth-order valence-electron chi connectivity index (χ4n) is 2.16. The molecule has 0 aromatic carbocycles. The molecule has 1 heterocycles. The highest BCUT2D eigenvalue weighted by atomic mass is 16.7.